The molecule has 0 aliphatic carbocycles. The molecule has 1 aromatic rings. The fourth-order valence-electron chi connectivity index (χ4n) is 2.75. The Hall–Kier alpha value is -0.720. The van der Waals surface area contributed by atoms with Gasteiger partial charge in [0.1, 0.15) is 0 Å². The quantitative estimate of drug-likeness (QED) is 0.852. The molecule has 1 heterocycles. The third-order valence-electron chi connectivity index (χ3n) is 3.80. The molecule has 0 amide bonds. The Labute approximate surface area is 127 Å². The largest absolute Gasteiger partial charge is 0.446 e. The van der Waals surface area contributed by atoms with Crippen LogP contribution in [0, 0.1) is 5.41 Å². The highest BCUT2D eigenvalue weighted by molar-refractivity contribution is 8.00. The Balaban J connectivity index is 1.94. The van der Waals surface area contributed by atoms with E-state index in [9.17, 15) is 18.3 Å². The molecule has 0 unspecified atom stereocenters. The number of halogens is 3. The summed E-state index contributed by atoms with van der Waals surface area (Å²) in [5, 5.41) is 9.44. The van der Waals surface area contributed by atoms with Crippen LogP contribution in [0.15, 0.2) is 29.2 Å². The molecule has 21 heavy (non-hydrogen) atoms. The first-order chi connectivity index (χ1) is 9.80. The summed E-state index contributed by atoms with van der Waals surface area (Å²) in [4.78, 5) is 2.47. The average molecular weight is 319 g/mol. The maximum Gasteiger partial charge on any atom is 0.446 e. The molecule has 1 fully saturated rings. The molecule has 2 nitrogen and oxygen atoms in total. The third-order valence-corrected chi connectivity index (χ3v) is 4.54. The zero-order valence-corrected chi connectivity index (χ0v) is 12.8. The second kappa shape index (κ2) is 6.58. The van der Waals surface area contributed by atoms with Gasteiger partial charge in [-0.05, 0) is 48.8 Å². The molecule has 1 aromatic carbocycles. The van der Waals surface area contributed by atoms with Crippen molar-refractivity contribution in [3.05, 3.63) is 29.8 Å². The van der Waals surface area contributed by atoms with E-state index in [-0.39, 0.29) is 28.7 Å². The van der Waals surface area contributed by atoms with Gasteiger partial charge >= 0.3 is 5.51 Å². The van der Waals surface area contributed by atoms with E-state index >= 15 is 0 Å². The molecule has 0 spiro atoms. The maximum absolute atomic E-state index is 12.3. The van der Waals surface area contributed by atoms with Gasteiger partial charge < -0.3 is 5.11 Å². The minimum Gasteiger partial charge on any atom is -0.396 e. The number of likely N-dealkylation sites (tertiary alicyclic amines) is 1. The van der Waals surface area contributed by atoms with Gasteiger partial charge in [0.05, 0.1) is 0 Å². The average Bonchev–Trinajstić information content (AvgIpc) is 2.40. The van der Waals surface area contributed by atoms with Crippen LogP contribution in [0.25, 0.3) is 0 Å². The van der Waals surface area contributed by atoms with Crippen molar-refractivity contribution in [2.75, 3.05) is 19.7 Å². The molecule has 0 bridgehead atoms. The molecule has 1 saturated heterocycles. The topological polar surface area (TPSA) is 23.5 Å². The van der Waals surface area contributed by atoms with Crippen molar-refractivity contribution >= 4 is 11.8 Å². The van der Waals surface area contributed by atoms with Crippen molar-refractivity contribution in [3.63, 3.8) is 0 Å². The third kappa shape index (κ3) is 5.20. The number of rotatable bonds is 4. The molecule has 2 rings (SSSR count). The Morgan fingerprint density at radius 1 is 1.29 bits per heavy atom. The lowest BCUT2D eigenvalue weighted by molar-refractivity contribution is -0.0328. The number of benzene rings is 1. The van der Waals surface area contributed by atoms with E-state index in [4.69, 9.17) is 0 Å². The van der Waals surface area contributed by atoms with E-state index in [0.29, 0.717) is 6.54 Å². The zero-order valence-electron chi connectivity index (χ0n) is 12.0. The predicted octanol–water partition coefficient (Wildman–Crippen LogP) is 3.89. The van der Waals surface area contributed by atoms with Gasteiger partial charge in [-0.1, -0.05) is 19.1 Å². The van der Waals surface area contributed by atoms with E-state index in [1.807, 2.05) is 0 Å². The van der Waals surface area contributed by atoms with Crippen LogP contribution in [0.2, 0.25) is 0 Å². The Morgan fingerprint density at radius 3 is 2.52 bits per heavy atom. The van der Waals surface area contributed by atoms with Crippen LogP contribution < -0.4 is 0 Å². The molecule has 118 valence electrons. The lowest BCUT2D eigenvalue weighted by Gasteiger charge is -2.39. The highest BCUT2D eigenvalue weighted by atomic mass is 32.2. The summed E-state index contributed by atoms with van der Waals surface area (Å²) in [6, 6.07) is 6.53. The summed E-state index contributed by atoms with van der Waals surface area (Å²) in [7, 11) is 0. The van der Waals surface area contributed by atoms with Gasteiger partial charge in [0, 0.05) is 30.0 Å². The highest BCUT2D eigenvalue weighted by Crippen LogP contribution is 2.37. The minimum atomic E-state index is -4.24. The fraction of sp³-hybridized carbons (Fsp3) is 0.600. The standard InChI is InChI=1S/C15H20F3NOS/c1-14(11-20)7-2-8-19(10-14)9-12-3-5-13(6-4-12)21-15(16,17)18/h3-6,20H,2,7-11H2,1H3/t14-/m1/s1. The molecule has 1 aliphatic rings. The van der Waals surface area contributed by atoms with Crippen LogP contribution in [-0.4, -0.2) is 35.2 Å². The van der Waals surface area contributed by atoms with Crippen LogP contribution in [-0.2, 0) is 6.54 Å². The second-order valence-corrected chi connectivity index (χ2v) is 7.11. The van der Waals surface area contributed by atoms with Crippen molar-refractivity contribution in [2.45, 2.75) is 36.7 Å². The molecular formula is C15H20F3NOS. The fourth-order valence-corrected chi connectivity index (χ4v) is 3.29. The molecule has 1 aliphatic heterocycles. The van der Waals surface area contributed by atoms with E-state index < -0.39 is 5.51 Å². The Bertz CT molecular complexity index is 463. The Kier molecular flexibility index (Phi) is 5.22. The van der Waals surface area contributed by atoms with Crippen molar-refractivity contribution < 1.29 is 18.3 Å². The van der Waals surface area contributed by atoms with E-state index in [1.54, 1.807) is 12.1 Å². The van der Waals surface area contributed by atoms with Crippen molar-refractivity contribution in [1.29, 1.82) is 0 Å². The van der Waals surface area contributed by atoms with Gasteiger partial charge in [0.25, 0.3) is 0 Å². The SMILES string of the molecule is C[C@@]1(CO)CCCN(Cc2ccc(SC(F)(F)F)cc2)C1. The summed E-state index contributed by atoms with van der Waals surface area (Å²) >= 11 is -0.0878. The Morgan fingerprint density at radius 2 is 1.95 bits per heavy atom. The van der Waals surface area contributed by atoms with E-state index in [0.717, 1.165) is 31.5 Å². The first-order valence-corrected chi connectivity index (χ1v) is 7.79. The number of aliphatic hydroxyl groups is 1. The molecule has 1 N–H and O–H groups in total. The van der Waals surface area contributed by atoms with Gasteiger partial charge in [-0.25, -0.2) is 0 Å². The molecule has 0 saturated carbocycles. The van der Waals surface area contributed by atoms with Crippen LogP contribution >= 0.6 is 11.8 Å². The summed E-state index contributed by atoms with van der Waals surface area (Å²) in [5.41, 5.74) is -3.30. The molecular weight excluding hydrogens is 299 g/mol. The predicted molar refractivity (Wildman–Crippen MR) is 78.1 cm³/mol. The molecule has 0 radical (unpaired) electrons. The summed E-state index contributed by atoms with van der Waals surface area (Å²) in [5.74, 6) is 0. The zero-order chi connectivity index (χ0) is 15.5. The normalized spacial score (nSPS) is 24.2. The number of aliphatic hydroxyl groups excluding tert-OH is 1. The van der Waals surface area contributed by atoms with Crippen molar-refractivity contribution in [3.8, 4) is 0 Å². The van der Waals surface area contributed by atoms with Crippen LogP contribution in [0.3, 0.4) is 0 Å². The number of nitrogens with zero attached hydrogens (tertiary/aromatic N) is 1. The molecule has 6 heteroatoms. The van der Waals surface area contributed by atoms with Crippen LogP contribution in [0.4, 0.5) is 13.2 Å². The monoisotopic (exact) mass is 319 g/mol. The first-order valence-electron chi connectivity index (χ1n) is 6.98. The summed E-state index contributed by atoms with van der Waals surface area (Å²) < 4.78 is 36.8. The van der Waals surface area contributed by atoms with Crippen molar-refractivity contribution in [1.82, 2.24) is 4.90 Å². The van der Waals surface area contributed by atoms with Crippen molar-refractivity contribution in [2.24, 2.45) is 5.41 Å². The number of alkyl halides is 3. The minimum absolute atomic E-state index is 0.0652. The molecule has 1 atom stereocenters. The lowest BCUT2D eigenvalue weighted by atomic mass is 9.82. The van der Waals surface area contributed by atoms with Crippen LogP contribution in [0.5, 0.6) is 0 Å². The van der Waals surface area contributed by atoms with Gasteiger partial charge in [-0.3, -0.25) is 4.90 Å². The van der Waals surface area contributed by atoms with Gasteiger partial charge in [-0.15, -0.1) is 0 Å². The van der Waals surface area contributed by atoms with E-state index in [1.165, 1.54) is 12.1 Å². The number of hydrogen-bond donors (Lipinski definition) is 1. The van der Waals surface area contributed by atoms with Gasteiger partial charge in [0.15, 0.2) is 0 Å². The molecule has 0 aromatic heterocycles. The summed E-state index contributed by atoms with van der Waals surface area (Å²) in [6.07, 6.45) is 2.06. The lowest BCUT2D eigenvalue weighted by Crippen LogP contribution is -2.43. The second-order valence-electron chi connectivity index (χ2n) is 5.97. The number of hydrogen-bond acceptors (Lipinski definition) is 3. The van der Waals surface area contributed by atoms with Gasteiger partial charge in [0.2, 0.25) is 0 Å². The number of piperidine rings is 1. The smallest absolute Gasteiger partial charge is 0.396 e. The maximum atomic E-state index is 12.3. The van der Waals surface area contributed by atoms with Gasteiger partial charge in [-0.2, -0.15) is 13.2 Å². The van der Waals surface area contributed by atoms with Crippen LogP contribution in [0.1, 0.15) is 25.3 Å². The summed E-state index contributed by atoms with van der Waals surface area (Å²) in [6.45, 7) is 4.75. The highest BCUT2D eigenvalue weighted by Gasteiger charge is 2.31. The van der Waals surface area contributed by atoms with E-state index in [2.05, 4.69) is 11.8 Å². The number of thioether (sulfide) groups is 1. The first kappa shape index (κ1) is 16.6.